The summed E-state index contributed by atoms with van der Waals surface area (Å²) in [6.45, 7) is 3.57. The van der Waals surface area contributed by atoms with Crippen LogP contribution >= 0.6 is 11.8 Å². The first-order chi connectivity index (χ1) is 8.83. The Morgan fingerprint density at radius 3 is 3.11 bits per heavy atom. The molecule has 1 aliphatic rings. The highest BCUT2D eigenvalue weighted by molar-refractivity contribution is 7.99. The minimum absolute atomic E-state index is 0.689. The molecule has 2 heterocycles. The summed E-state index contributed by atoms with van der Waals surface area (Å²) < 4.78 is 5.21. The maximum Gasteiger partial charge on any atom is 0.246 e. The highest BCUT2D eigenvalue weighted by atomic mass is 32.2. The molecule has 0 radical (unpaired) electrons. The van der Waals surface area contributed by atoms with Crippen LogP contribution in [-0.2, 0) is 6.54 Å². The van der Waals surface area contributed by atoms with E-state index in [1.807, 2.05) is 18.7 Å². The van der Waals surface area contributed by atoms with Crippen molar-refractivity contribution >= 4 is 17.4 Å². The lowest BCUT2D eigenvalue weighted by Gasteiger charge is -2.22. The second-order valence-corrected chi connectivity index (χ2v) is 5.46. The topological polar surface area (TPSA) is 42.2 Å². The van der Waals surface area contributed by atoms with Crippen molar-refractivity contribution < 1.29 is 4.52 Å². The molecule has 18 heavy (non-hydrogen) atoms. The number of fused-ring (bicyclic) bond motifs is 1. The van der Waals surface area contributed by atoms with E-state index in [0.29, 0.717) is 18.3 Å². The van der Waals surface area contributed by atoms with Crippen LogP contribution in [0.4, 0.5) is 5.69 Å². The monoisotopic (exact) mass is 261 g/mol. The first-order valence-electron chi connectivity index (χ1n) is 6.09. The Hall–Kier alpha value is -1.49. The molecule has 0 unspecified atom stereocenters. The average Bonchev–Trinajstić information content (AvgIpc) is 2.68. The number of aryl methyl sites for hydroxylation is 1. The van der Waals surface area contributed by atoms with Crippen LogP contribution in [-0.4, -0.2) is 22.4 Å². The van der Waals surface area contributed by atoms with Crippen molar-refractivity contribution in [1.29, 1.82) is 0 Å². The van der Waals surface area contributed by atoms with Crippen LogP contribution in [0.5, 0.6) is 0 Å². The molecule has 0 fully saturated rings. The molecule has 5 heteroatoms. The molecule has 0 bridgehead atoms. The summed E-state index contributed by atoms with van der Waals surface area (Å²) in [4.78, 5) is 7.94. The Morgan fingerprint density at radius 1 is 1.39 bits per heavy atom. The molecule has 0 saturated carbocycles. The number of hydrogen-bond acceptors (Lipinski definition) is 5. The van der Waals surface area contributed by atoms with Crippen LogP contribution in [0.2, 0.25) is 0 Å². The maximum absolute atomic E-state index is 5.21. The summed E-state index contributed by atoms with van der Waals surface area (Å²) in [6.07, 6.45) is 1.17. The molecule has 0 aliphatic carbocycles. The Balaban J connectivity index is 1.87. The highest BCUT2D eigenvalue weighted by Crippen LogP contribution is 2.34. The van der Waals surface area contributed by atoms with E-state index in [0.717, 1.165) is 12.3 Å². The number of benzene rings is 1. The van der Waals surface area contributed by atoms with Crippen LogP contribution < -0.4 is 4.90 Å². The molecule has 2 aromatic rings. The van der Waals surface area contributed by atoms with Crippen molar-refractivity contribution in [3.8, 4) is 0 Å². The summed E-state index contributed by atoms with van der Waals surface area (Å²) in [5, 5.41) is 3.84. The summed E-state index contributed by atoms with van der Waals surface area (Å²) in [5.74, 6) is 2.55. The smallest absolute Gasteiger partial charge is 0.246 e. The number of hydrogen-bond donors (Lipinski definition) is 0. The van der Waals surface area contributed by atoms with Gasteiger partial charge in [0.25, 0.3) is 0 Å². The lowest BCUT2D eigenvalue weighted by atomic mass is 10.2. The van der Waals surface area contributed by atoms with E-state index >= 15 is 0 Å². The molecule has 0 amide bonds. The van der Waals surface area contributed by atoms with Crippen LogP contribution in [0.3, 0.4) is 0 Å². The molecule has 0 spiro atoms. The van der Waals surface area contributed by atoms with Gasteiger partial charge in [0.2, 0.25) is 5.89 Å². The van der Waals surface area contributed by atoms with Crippen molar-refractivity contribution in [2.75, 3.05) is 17.2 Å². The van der Waals surface area contributed by atoms with Gasteiger partial charge >= 0.3 is 0 Å². The third-order valence-electron chi connectivity index (χ3n) is 2.93. The van der Waals surface area contributed by atoms with Crippen LogP contribution in [0.15, 0.2) is 33.7 Å². The Labute approximate surface area is 110 Å². The van der Waals surface area contributed by atoms with Gasteiger partial charge in [-0.3, -0.25) is 0 Å². The fourth-order valence-corrected chi connectivity index (χ4v) is 3.14. The molecule has 3 rings (SSSR count). The molecule has 1 aliphatic heterocycles. The number of aromatic nitrogens is 2. The van der Waals surface area contributed by atoms with Crippen LogP contribution in [0.1, 0.15) is 18.1 Å². The van der Waals surface area contributed by atoms with E-state index in [1.165, 1.54) is 17.0 Å². The zero-order chi connectivity index (χ0) is 12.4. The Kier molecular flexibility index (Phi) is 3.23. The average molecular weight is 261 g/mol. The van der Waals surface area contributed by atoms with Gasteiger partial charge in [-0.05, 0) is 31.2 Å². The summed E-state index contributed by atoms with van der Waals surface area (Å²) in [5.41, 5.74) is 1.27. The first-order valence-corrected chi connectivity index (χ1v) is 7.07. The summed E-state index contributed by atoms with van der Waals surface area (Å²) in [7, 11) is 0. The van der Waals surface area contributed by atoms with Crippen molar-refractivity contribution in [1.82, 2.24) is 10.1 Å². The quantitative estimate of drug-likeness (QED) is 0.831. The van der Waals surface area contributed by atoms with Gasteiger partial charge in [0.15, 0.2) is 5.82 Å². The number of thioether (sulfide) groups is 1. The minimum atomic E-state index is 0.689. The second kappa shape index (κ2) is 5.02. The predicted octanol–water partition coefficient (Wildman–Crippen LogP) is 2.88. The van der Waals surface area contributed by atoms with E-state index in [9.17, 15) is 0 Å². The lowest BCUT2D eigenvalue weighted by molar-refractivity contribution is 0.372. The van der Waals surface area contributed by atoms with Crippen LogP contribution in [0.25, 0.3) is 0 Å². The van der Waals surface area contributed by atoms with E-state index < -0.39 is 0 Å². The molecule has 1 aromatic heterocycles. The SMILES string of the molecule is Cc1noc(CN2CCCSc3ccccc32)n1. The number of anilines is 1. The Bertz CT molecular complexity index is 541. The van der Waals surface area contributed by atoms with Gasteiger partial charge in [0, 0.05) is 11.4 Å². The number of nitrogens with zero attached hydrogens (tertiary/aromatic N) is 3. The van der Waals surface area contributed by atoms with E-state index in [2.05, 4.69) is 39.3 Å². The first kappa shape index (κ1) is 11.6. The molecule has 0 N–H and O–H groups in total. The van der Waals surface area contributed by atoms with Crippen molar-refractivity contribution in [2.24, 2.45) is 0 Å². The fraction of sp³-hybridized carbons (Fsp3) is 0.385. The molecule has 1 aromatic carbocycles. The van der Waals surface area contributed by atoms with Gasteiger partial charge in [-0.15, -0.1) is 11.8 Å². The Morgan fingerprint density at radius 2 is 2.28 bits per heavy atom. The third kappa shape index (κ3) is 2.36. The molecular formula is C13H15N3OS. The molecule has 0 atom stereocenters. The molecule has 94 valence electrons. The van der Waals surface area contributed by atoms with Crippen molar-refractivity contribution in [2.45, 2.75) is 24.8 Å². The largest absolute Gasteiger partial charge is 0.361 e. The highest BCUT2D eigenvalue weighted by Gasteiger charge is 2.17. The van der Waals surface area contributed by atoms with E-state index in [1.54, 1.807) is 0 Å². The lowest BCUT2D eigenvalue weighted by Crippen LogP contribution is -2.23. The number of para-hydroxylation sites is 1. The second-order valence-electron chi connectivity index (χ2n) is 4.33. The van der Waals surface area contributed by atoms with Gasteiger partial charge in [-0.25, -0.2) is 0 Å². The van der Waals surface area contributed by atoms with Crippen molar-refractivity contribution in [3.05, 3.63) is 36.0 Å². The summed E-state index contributed by atoms with van der Waals surface area (Å²) >= 11 is 1.92. The number of rotatable bonds is 2. The van der Waals surface area contributed by atoms with Gasteiger partial charge in [-0.2, -0.15) is 4.98 Å². The fourth-order valence-electron chi connectivity index (χ4n) is 2.13. The predicted molar refractivity (Wildman–Crippen MR) is 71.9 cm³/mol. The summed E-state index contributed by atoms with van der Waals surface area (Å²) in [6, 6.07) is 8.51. The zero-order valence-corrected chi connectivity index (χ0v) is 11.1. The van der Waals surface area contributed by atoms with Crippen LogP contribution in [0, 0.1) is 6.92 Å². The zero-order valence-electron chi connectivity index (χ0n) is 10.3. The van der Waals surface area contributed by atoms with Gasteiger partial charge < -0.3 is 9.42 Å². The normalized spacial score (nSPS) is 15.3. The van der Waals surface area contributed by atoms with E-state index in [4.69, 9.17) is 4.52 Å². The molecule has 4 nitrogen and oxygen atoms in total. The van der Waals surface area contributed by atoms with Gasteiger partial charge in [0.05, 0.1) is 12.2 Å². The van der Waals surface area contributed by atoms with Gasteiger partial charge in [-0.1, -0.05) is 17.3 Å². The molecular weight excluding hydrogens is 246 g/mol. The van der Waals surface area contributed by atoms with Crippen molar-refractivity contribution in [3.63, 3.8) is 0 Å². The maximum atomic E-state index is 5.21. The third-order valence-corrected chi connectivity index (χ3v) is 4.08. The van der Waals surface area contributed by atoms with E-state index in [-0.39, 0.29) is 0 Å². The molecule has 0 saturated heterocycles. The minimum Gasteiger partial charge on any atom is -0.361 e. The standard InChI is InChI=1S/C13H15N3OS/c1-10-14-13(17-15-10)9-16-7-4-8-18-12-6-3-2-5-11(12)16/h2-3,5-6H,4,7-9H2,1H3. The van der Waals surface area contributed by atoms with Gasteiger partial charge in [0.1, 0.15) is 0 Å².